The van der Waals surface area contributed by atoms with Crippen molar-refractivity contribution in [2.75, 3.05) is 44.3 Å². The number of thiazole rings is 1. The molecule has 0 aliphatic carbocycles. The van der Waals surface area contributed by atoms with Crippen LogP contribution in [0.1, 0.15) is 16.8 Å². The van der Waals surface area contributed by atoms with Crippen molar-refractivity contribution in [1.29, 1.82) is 0 Å². The van der Waals surface area contributed by atoms with Crippen LogP contribution in [0, 0.1) is 5.82 Å². The van der Waals surface area contributed by atoms with Gasteiger partial charge in [-0.2, -0.15) is 0 Å². The summed E-state index contributed by atoms with van der Waals surface area (Å²) in [6.07, 6.45) is 0.803. The molecule has 1 fully saturated rings. The first kappa shape index (κ1) is 21.0. The normalized spacial score (nSPS) is 14.8. The first-order chi connectivity index (χ1) is 15.7. The summed E-state index contributed by atoms with van der Waals surface area (Å²) in [5.41, 5.74) is 0.923. The molecule has 1 aliphatic heterocycles. The molecule has 164 valence electrons. The molecule has 0 atom stereocenters. The van der Waals surface area contributed by atoms with Crippen molar-refractivity contribution in [1.82, 2.24) is 9.88 Å². The van der Waals surface area contributed by atoms with Crippen LogP contribution in [0.15, 0.2) is 60.7 Å². The number of fused-ring (bicyclic) bond motifs is 2. The zero-order chi connectivity index (χ0) is 21.9. The van der Waals surface area contributed by atoms with E-state index in [-0.39, 0.29) is 11.7 Å². The van der Waals surface area contributed by atoms with E-state index in [1.807, 2.05) is 48.5 Å². The second-order valence-electron chi connectivity index (χ2n) is 7.91. The predicted molar refractivity (Wildman–Crippen MR) is 127 cm³/mol. The van der Waals surface area contributed by atoms with E-state index in [0.717, 1.165) is 54.7 Å². The molecule has 0 N–H and O–H groups in total. The van der Waals surface area contributed by atoms with Gasteiger partial charge in [0.2, 0.25) is 0 Å². The van der Waals surface area contributed by atoms with Crippen molar-refractivity contribution < 1.29 is 13.9 Å². The Morgan fingerprint density at radius 1 is 1.06 bits per heavy atom. The van der Waals surface area contributed by atoms with Gasteiger partial charge in [-0.05, 0) is 41.5 Å². The number of para-hydroxylation sites is 1. The number of hydrogen-bond acceptors (Lipinski definition) is 5. The minimum atomic E-state index is -0.364. The number of ether oxygens (including phenoxy) is 1. The summed E-state index contributed by atoms with van der Waals surface area (Å²) in [7, 11) is 0. The summed E-state index contributed by atoms with van der Waals surface area (Å²) < 4.78 is 20.4. The van der Waals surface area contributed by atoms with Gasteiger partial charge in [0.05, 0.1) is 17.9 Å². The van der Waals surface area contributed by atoms with Crippen LogP contribution in [-0.2, 0) is 4.74 Å². The van der Waals surface area contributed by atoms with Gasteiger partial charge in [-0.3, -0.25) is 14.6 Å². The van der Waals surface area contributed by atoms with E-state index in [2.05, 4.69) is 9.88 Å². The maximum Gasteiger partial charge on any atom is 0.260 e. The number of morpholine rings is 1. The SMILES string of the molecule is O=C(c1ccc2ccccc2c1)N(CCCN1CCOCC1)c1nc2c(F)cccc2s1. The van der Waals surface area contributed by atoms with Gasteiger partial charge < -0.3 is 4.74 Å². The fourth-order valence-corrected chi connectivity index (χ4v) is 5.06. The van der Waals surface area contributed by atoms with Crippen LogP contribution in [0.2, 0.25) is 0 Å². The average Bonchev–Trinajstić information content (AvgIpc) is 3.27. The largest absolute Gasteiger partial charge is 0.379 e. The summed E-state index contributed by atoms with van der Waals surface area (Å²) in [5.74, 6) is -0.478. The second kappa shape index (κ2) is 9.32. The number of hydrogen-bond donors (Lipinski definition) is 0. The monoisotopic (exact) mass is 449 g/mol. The van der Waals surface area contributed by atoms with Gasteiger partial charge in [0.15, 0.2) is 5.13 Å². The maximum absolute atomic E-state index is 14.3. The van der Waals surface area contributed by atoms with Gasteiger partial charge in [0.25, 0.3) is 5.91 Å². The highest BCUT2D eigenvalue weighted by Gasteiger charge is 2.23. The summed E-state index contributed by atoms with van der Waals surface area (Å²) in [6, 6.07) is 18.6. The van der Waals surface area contributed by atoms with E-state index >= 15 is 0 Å². The number of anilines is 1. The minimum absolute atomic E-state index is 0.114. The quantitative estimate of drug-likeness (QED) is 0.418. The Morgan fingerprint density at radius 3 is 2.69 bits per heavy atom. The molecular formula is C25H24FN3O2S. The van der Waals surface area contributed by atoms with Gasteiger partial charge in [-0.1, -0.05) is 47.7 Å². The number of rotatable bonds is 6. The fourth-order valence-electron chi connectivity index (χ4n) is 4.06. The molecule has 5 nitrogen and oxygen atoms in total. The van der Waals surface area contributed by atoms with Gasteiger partial charge in [-0.25, -0.2) is 9.37 Å². The van der Waals surface area contributed by atoms with Gasteiger partial charge in [-0.15, -0.1) is 0 Å². The molecular weight excluding hydrogens is 425 g/mol. The van der Waals surface area contributed by atoms with Crippen molar-refractivity contribution in [2.24, 2.45) is 0 Å². The third-order valence-corrected chi connectivity index (χ3v) is 6.83. The van der Waals surface area contributed by atoms with E-state index in [9.17, 15) is 9.18 Å². The molecule has 3 aromatic carbocycles. The van der Waals surface area contributed by atoms with E-state index in [1.165, 1.54) is 17.4 Å². The zero-order valence-electron chi connectivity index (χ0n) is 17.7. The van der Waals surface area contributed by atoms with Crippen LogP contribution in [-0.4, -0.2) is 55.2 Å². The molecule has 4 aromatic rings. The van der Waals surface area contributed by atoms with Gasteiger partial charge >= 0.3 is 0 Å². The van der Waals surface area contributed by atoms with E-state index in [4.69, 9.17) is 4.74 Å². The number of amides is 1. The third kappa shape index (κ3) is 4.37. The molecule has 0 radical (unpaired) electrons. The lowest BCUT2D eigenvalue weighted by Crippen LogP contribution is -2.39. The van der Waals surface area contributed by atoms with Crippen molar-refractivity contribution in [2.45, 2.75) is 6.42 Å². The Balaban J connectivity index is 1.44. The first-order valence-electron chi connectivity index (χ1n) is 10.8. The molecule has 2 heterocycles. The van der Waals surface area contributed by atoms with Crippen LogP contribution < -0.4 is 4.90 Å². The zero-order valence-corrected chi connectivity index (χ0v) is 18.5. The average molecular weight is 450 g/mol. The summed E-state index contributed by atoms with van der Waals surface area (Å²) in [6.45, 7) is 4.71. The van der Waals surface area contributed by atoms with E-state index in [0.29, 0.717) is 22.8 Å². The first-order valence-corrected chi connectivity index (χ1v) is 11.7. The lowest BCUT2D eigenvalue weighted by atomic mass is 10.1. The van der Waals surface area contributed by atoms with E-state index in [1.54, 1.807) is 11.0 Å². The number of carbonyl (C=O) groups is 1. The van der Waals surface area contributed by atoms with Crippen LogP contribution in [0.4, 0.5) is 9.52 Å². The molecule has 1 aliphatic rings. The number of benzene rings is 3. The summed E-state index contributed by atoms with van der Waals surface area (Å²) in [4.78, 5) is 22.2. The molecule has 7 heteroatoms. The standard InChI is InChI=1S/C25H24FN3O2S/c26-21-7-3-8-22-23(21)27-25(32-22)29(12-4-11-28-13-15-31-16-14-28)24(30)20-10-9-18-5-1-2-6-19(18)17-20/h1-3,5-10,17H,4,11-16H2. The van der Waals surface area contributed by atoms with Crippen molar-refractivity contribution in [3.8, 4) is 0 Å². The molecule has 1 amide bonds. The Bertz CT molecular complexity index is 1250. The van der Waals surface area contributed by atoms with E-state index < -0.39 is 0 Å². The summed E-state index contributed by atoms with van der Waals surface area (Å²) >= 11 is 1.35. The van der Waals surface area contributed by atoms with Crippen molar-refractivity contribution in [3.05, 3.63) is 72.0 Å². The molecule has 0 bridgehead atoms. The molecule has 1 aromatic heterocycles. The predicted octanol–water partition coefficient (Wildman–Crippen LogP) is 4.96. The molecule has 0 unspecified atom stereocenters. The third-order valence-electron chi connectivity index (χ3n) is 5.79. The maximum atomic E-state index is 14.3. The molecule has 1 saturated heterocycles. The topological polar surface area (TPSA) is 45.7 Å². The fraction of sp³-hybridized carbons (Fsp3) is 0.280. The summed E-state index contributed by atoms with van der Waals surface area (Å²) in [5, 5.41) is 2.64. The van der Waals surface area contributed by atoms with Crippen LogP contribution >= 0.6 is 11.3 Å². The van der Waals surface area contributed by atoms with Crippen LogP contribution in [0.25, 0.3) is 21.0 Å². The number of nitrogens with zero attached hydrogens (tertiary/aromatic N) is 3. The Labute approximate surface area is 190 Å². The second-order valence-corrected chi connectivity index (χ2v) is 8.92. The number of aromatic nitrogens is 1. The smallest absolute Gasteiger partial charge is 0.260 e. The highest BCUT2D eigenvalue weighted by molar-refractivity contribution is 7.22. The Hall–Kier alpha value is -2.87. The highest BCUT2D eigenvalue weighted by atomic mass is 32.1. The Kier molecular flexibility index (Phi) is 6.12. The van der Waals surface area contributed by atoms with Crippen molar-refractivity contribution in [3.63, 3.8) is 0 Å². The number of carbonyl (C=O) groups excluding carboxylic acids is 1. The molecule has 0 saturated carbocycles. The highest BCUT2D eigenvalue weighted by Crippen LogP contribution is 2.31. The van der Waals surface area contributed by atoms with Crippen LogP contribution in [0.3, 0.4) is 0 Å². The Morgan fingerprint density at radius 2 is 1.88 bits per heavy atom. The van der Waals surface area contributed by atoms with Crippen LogP contribution in [0.5, 0.6) is 0 Å². The minimum Gasteiger partial charge on any atom is -0.379 e. The lowest BCUT2D eigenvalue weighted by molar-refractivity contribution is 0.0376. The van der Waals surface area contributed by atoms with Gasteiger partial charge in [0, 0.05) is 31.7 Å². The van der Waals surface area contributed by atoms with Crippen molar-refractivity contribution >= 4 is 43.4 Å². The molecule has 5 rings (SSSR count). The molecule has 0 spiro atoms. The number of halogens is 1. The molecule has 32 heavy (non-hydrogen) atoms. The van der Waals surface area contributed by atoms with Gasteiger partial charge in [0.1, 0.15) is 11.3 Å². The lowest BCUT2D eigenvalue weighted by Gasteiger charge is -2.27.